The van der Waals surface area contributed by atoms with Gasteiger partial charge in [0.15, 0.2) is 0 Å². The number of nitrogens with zero attached hydrogens (tertiary/aromatic N) is 5. The van der Waals surface area contributed by atoms with Gasteiger partial charge in [0.1, 0.15) is 12.4 Å². The van der Waals surface area contributed by atoms with Gasteiger partial charge in [0, 0.05) is 68.8 Å². The topological polar surface area (TPSA) is 133 Å². The highest BCUT2D eigenvalue weighted by Crippen LogP contribution is 2.36. The summed E-state index contributed by atoms with van der Waals surface area (Å²) in [5, 5.41) is 0.522. The van der Waals surface area contributed by atoms with Crippen LogP contribution in [0.3, 0.4) is 0 Å². The second-order valence-corrected chi connectivity index (χ2v) is 19.4. The zero-order valence-corrected chi connectivity index (χ0v) is 29.9. The van der Waals surface area contributed by atoms with Crippen molar-refractivity contribution in [3.63, 3.8) is 0 Å². The van der Waals surface area contributed by atoms with Crippen LogP contribution >= 0.6 is 11.6 Å². The van der Waals surface area contributed by atoms with Crippen LogP contribution in [0.5, 0.6) is 0 Å². The Hall–Kier alpha value is -4.47. The highest BCUT2D eigenvalue weighted by Gasteiger charge is 2.25. The third kappa shape index (κ3) is 8.32. The van der Waals surface area contributed by atoms with Crippen molar-refractivity contribution in [2.24, 2.45) is 5.73 Å². The van der Waals surface area contributed by atoms with Crippen molar-refractivity contribution in [3.8, 4) is 34.5 Å². The van der Waals surface area contributed by atoms with Gasteiger partial charge in [-0.15, -0.1) is 0 Å². The molecule has 0 radical (unpaired) electrons. The van der Waals surface area contributed by atoms with Crippen LogP contribution in [0.25, 0.3) is 22.6 Å². The lowest BCUT2D eigenvalue weighted by Gasteiger charge is -2.32. The third-order valence-corrected chi connectivity index (χ3v) is 10.3. The number of piperazine rings is 1. The molecule has 10 nitrogen and oxygen atoms in total. The number of carbonyl (C=O) groups is 2. The van der Waals surface area contributed by atoms with Gasteiger partial charge < -0.3 is 30.6 Å². The Labute approximate surface area is 288 Å². The van der Waals surface area contributed by atoms with E-state index in [9.17, 15) is 9.59 Å². The number of likely N-dealkylation sites (N-methyl/N-ethyl adjacent to an activating group) is 1. The molecule has 1 aliphatic rings. The van der Waals surface area contributed by atoms with E-state index >= 15 is 0 Å². The number of primary amides is 1. The standard InChI is InChI=1S/C36H42ClN7O3Si/c1-24-6-13-28(37)20-29(24)33-30(34(38)45)21-31(44(33)23-47-18-19-48(3,4)5)32-27(22-40-36(39)41-32)12-9-25-7-10-26(11-8-25)35(46)43-16-14-42(2)15-17-43/h6-8,10-11,13,20-22H,14-19,23H2,1-5H3,(H2,38,45)(H2,39,40,41). The van der Waals surface area contributed by atoms with E-state index < -0.39 is 14.0 Å². The lowest BCUT2D eigenvalue weighted by Crippen LogP contribution is -2.47. The fourth-order valence-electron chi connectivity index (χ4n) is 5.45. The minimum absolute atomic E-state index is 0.0145. The highest BCUT2D eigenvalue weighted by molar-refractivity contribution is 6.76. The average molecular weight is 684 g/mol. The monoisotopic (exact) mass is 683 g/mol. The van der Waals surface area contributed by atoms with Gasteiger partial charge in [-0.2, -0.15) is 0 Å². The molecule has 1 aliphatic heterocycles. The molecule has 48 heavy (non-hydrogen) atoms. The first-order valence-electron chi connectivity index (χ1n) is 15.9. The first-order valence-corrected chi connectivity index (χ1v) is 20.0. The summed E-state index contributed by atoms with van der Waals surface area (Å²) >= 11 is 6.44. The zero-order chi connectivity index (χ0) is 34.6. The number of nitrogen functional groups attached to an aromatic ring is 1. The second kappa shape index (κ2) is 14.7. The van der Waals surface area contributed by atoms with Crippen LogP contribution in [0.15, 0.2) is 54.7 Å². The van der Waals surface area contributed by atoms with E-state index in [-0.39, 0.29) is 18.6 Å². The van der Waals surface area contributed by atoms with Crippen LogP contribution in [-0.4, -0.2) is 84.1 Å². The van der Waals surface area contributed by atoms with Gasteiger partial charge in [-0.1, -0.05) is 49.1 Å². The van der Waals surface area contributed by atoms with E-state index in [2.05, 4.69) is 53.4 Å². The van der Waals surface area contributed by atoms with E-state index in [4.69, 9.17) is 27.8 Å². The summed E-state index contributed by atoms with van der Waals surface area (Å²) in [6.07, 6.45) is 1.56. The number of nitrogens with two attached hydrogens (primary N) is 2. The van der Waals surface area contributed by atoms with Crippen molar-refractivity contribution in [2.45, 2.75) is 39.3 Å². The molecule has 12 heteroatoms. The van der Waals surface area contributed by atoms with E-state index in [1.807, 2.05) is 40.7 Å². The lowest BCUT2D eigenvalue weighted by molar-refractivity contribution is 0.0664. The summed E-state index contributed by atoms with van der Waals surface area (Å²) in [7, 11) is 0.694. The number of hydrogen-bond donors (Lipinski definition) is 2. The molecule has 0 aliphatic carbocycles. The first-order chi connectivity index (χ1) is 22.8. The van der Waals surface area contributed by atoms with Gasteiger partial charge in [0.05, 0.1) is 22.5 Å². The number of ether oxygens (including phenoxy) is 1. The molecule has 2 amide bonds. The molecular weight excluding hydrogens is 642 g/mol. The maximum absolute atomic E-state index is 13.0. The first kappa shape index (κ1) is 34.9. The molecule has 0 unspecified atom stereocenters. The molecule has 4 N–H and O–H groups in total. The van der Waals surface area contributed by atoms with Crippen molar-refractivity contribution in [3.05, 3.63) is 87.6 Å². The number of carbonyl (C=O) groups excluding carboxylic acids is 2. The molecule has 0 bridgehead atoms. The Morgan fingerprint density at radius 2 is 1.73 bits per heavy atom. The summed E-state index contributed by atoms with van der Waals surface area (Å²) in [6.45, 7) is 12.6. The molecule has 0 saturated carbocycles. The SMILES string of the molecule is Cc1ccc(Cl)cc1-c1c(C(N)=O)cc(-c2nc(N)ncc2C#Cc2ccc(C(=O)N3CCN(C)CC3)cc2)n1COCC[Si](C)(C)C. The number of aromatic nitrogens is 3. The number of aryl methyl sites for hydroxylation is 1. The summed E-state index contributed by atoms with van der Waals surface area (Å²) in [4.78, 5) is 38.8. The van der Waals surface area contributed by atoms with E-state index in [0.29, 0.717) is 64.1 Å². The number of anilines is 1. The smallest absolute Gasteiger partial charge is 0.253 e. The fourth-order valence-corrected chi connectivity index (χ4v) is 6.38. The Morgan fingerprint density at radius 1 is 1.02 bits per heavy atom. The molecule has 0 atom stereocenters. The van der Waals surface area contributed by atoms with Crippen LogP contribution < -0.4 is 11.5 Å². The van der Waals surface area contributed by atoms with Crippen LogP contribution in [0, 0.1) is 18.8 Å². The van der Waals surface area contributed by atoms with Crippen molar-refractivity contribution < 1.29 is 14.3 Å². The van der Waals surface area contributed by atoms with Crippen molar-refractivity contribution in [2.75, 3.05) is 45.6 Å². The van der Waals surface area contributed by atoms with Gasteiger partial charge in [-0.05, 0) is 68.0 Å². The molecule has 2 aromatic carbocycles. The molecular formula is C36H42ClN7O3Si. The van der Waals surface area contributed by atoms with Gasteiger partial charge in [-0.25, -0.2) is 9.97 Å². The Balaban J connectivity index is 1.55. The molecule has 0 spiro atoms. The molecule has 5 rings (SSSR count). The third-order valence-electron chi connectivity index (χ3n) is 8.35. The largest absolute Gasteiger partial charge is 0.368 e. The van der Waals surface area contributed by atoms with Crippen LogP contribution in [0.4, 0.5) is 5.95 Å². The summed E-state index contributed by atoms with van der Waals surface area (Å²) in [5.74, 6) is 5.82. The van der Waals surface area contributed by atoms with E-state index in [1.165, 1.54) is 0 Å². The molecule has 2 aromatic heterocycles. The Bertz CT molecular complexity index is 1880. The number of hydrogen-bond acceptors (Lipinski definition) is 7. The van der Waals surface area contributed by atoms with E-state index in [0.717, 1.165) is 30.3 Å². The second-order valence-electron chi connectivity index (χ2n) is 13.3. The number of amides is 2. The van der Waals surface area contributed by atoms with Crippen molar-refractivity contribution >= 4 is 37.4 Å². The van der Waals surface area contributed by atoms with Crippen molar-refractivity contribution in [1.29, 1.82) is 0 Å². The molecule has 250 valence electrons. The fraction of sp³-hybridized carbons (Fsp3) is 0.333. The van der Waals surface area contributed by atoms with Gasteiger partial charge in [0.2, 0.25) is 5.95 Å². The van der Waals surface area contributed by atoms with E-state index in [1.54, 1.807) is 30.5 Å². The summed E-state index contributed by atoms with van der Waals surface area (Å²) in [6, 6.07) is 15.4. The Kier molecular flexibility index (Phi) is 10.7. The summed E-state index contributed by atoms with van der Waals surface area (Å²) < 4.78 is 8.11. The Morgan fingerprint density at radius 3 is 2.40 bits per heavy atom. The maximum atomic E-state index is 13.0. The quantitative estimate of drug-likeness (QED) is 0.138. The molecule has 4 aromatic rings. The zero-order valence-electron chi connectivity index (χ0n) is 28.1. The minimum atomic E-state index is -1.36. The predicted octanol–water partition coefficient (Wildman–Crippen LogP) is 5.35. The highest BCUT2D eigenvalue weighted by atomic mass is 35.5. The average Bonchev–Trinajstić information content (AvgIpc) is 3.43. The predicted molar refractivity (Wildman–Crippen MR) is 193 cm³/mol. The van der Waals surface area contributed by atoms with Crippen LogP contribution in [-0.2, 0) is 11.5 Å². The maximum Gasteiger partial charge on any atom is 0.253 e. The van der Waals surface area contributed by atoms with Gasteiger partial charge in [0.25, 0.3) is 11.8 Å². The minimum Gasteiger partial charge on any atom is -0.368 e. The van der Waals surface area contributed by atoms with Gasteiger partial charge in [-0.3, -0.25) is 9.59 Å². The van der Waals surface area contributed by atoms with Crippen LogP contribution in [0.1, 0.15) is 37.4 Å². The number of halogens is 1. The lowest BCUT2D eigenvalue weighted by atomic mass is 10.0. The molecule has 1 fully saturated rings. The molecule has 3 heterocycles. The number of benzene rings is 2. The van der Waals surface area contributed by atoms with Gasteiger partial charge >= 0.3 is 0 Å². The van der Waals surface area contributed by atoms with Crippen LogP contribution in [0.2, 0.25) is 30.7 Å². The molecule has 1 saturated heterocycles. The van der Waals surface area contributed by atoms with Crippen molar-refractivity contribution in [1.82, 2.24) is 24.3 Å². The normalized spacial score (nSPS) is 13.7. The number of rotatable bonds is 9. The summed E-state index contributed by atoms with van der Waals surface area (Å²) in [5.41, 5.74) is 17.4.